The molecule has 3 N–H and O–H groups in total. The summed E-state index contributed by atoms with van der Waals surface area (Å²) in [5.74, 6) is 1.39. The summed E-state index contributed by atoms with van der Waals surface area (Å²) in [6, 6.07) is 19.3. The number of amides is 1. The predicted molar refractivity (Wildman–Crippen MR) is 140 cm³/mol. The molecule has 3 unspecified atom stereocenters. The summed E-state index contributed by atoms with van der Waals surface area (Å²) in [6.45, 7) is 2.47. The molecule has 0 radical (unpaired) electrons. The van der Waals surface area contributed by atoms with Gasteiger partial charge >= 0.3 is 0 Å². The van der Waals surface area contributed by atoms with E-state index in [-0.39, 0.29) is 12.1 Å². The van der Waals surface area contributed by atoms with Crippen molar-refractivity contribution < 1.29 is 4.79 Å². The highest BCUT2D eigenvalue weighted by Crippen LogP contribution is 2.29. The van der Waals surface area contributed by atoms with E-state index in [1.54, 1.807) is 0 Å². The zero-order valence-electron chi connectivity index (χ0n) is 19.8. The fourth-order valence-corrected chi connectivity index (χ4v) is 6.14. The van der Waals surface area contributed by atoms with Gasteiger partial charge in [0.2, 0.25) is 0 Å². The second-order valence-corrected chi connectivity index (χ2v) is 10.6. The van der Waals surface area contributed by atoms with E-state index in [4.69, 9.17) is 12.2 Å². The van der Waals surface area contributed by atoms with Crippen molar-refractivity contribution in [2.24, 2.45) is 11.8 Å². The molecule has 180 valence electrons. The molecule has 2 aromatic carbocycles. The van der Waals surface area contributed by atoms with Crippen LogP contribution < -0.4 is 16.0 Å². The van der Waals surface area contributed by atoms with E-state index < -0.39 is 0 Å². The third kappa shape index (κ3) is 5.61. The van der Waals surface area contributed by atoms with Crippen LogP contribution in [0.5, 0.6) is 0 Å². The number of hydrogen-bond acceptors (Lipinski definition) is 3. The van der Waals surface area contributed by atoms with E-state index in [1.807, 2.05) is 17.0 Å². The number of carbonyl (C=O) groups excluding carboxylic acids is 1. The zero-order valence-corrected chi connectivity index (χ0v) is 20.7. The van der Waals surface area contributed by atoms with Gasteiger partial charge in [-0.25, -0.2) is 0 Å². The van der Waals surface area contributed by atoms with Crippen molar-refractivity contribution >= 4 is 23.2 Å². The molecule has 5 rings (SSSR count). The lowest BCUT2D eigenvalue weighted by molar-refractivity contribution is 0.0690. The molecule has 2 saturated heterocycles. The monoisotopic (exact) mass is 476 g/mol. The van der Waals surface area contributed by atoms with E-state index in [0.29, 0.717) is 17.9 Å². The van der Waals surface area contributed by atoms with E-state index in [2.05, 4.69) is 58.4 Å². The molecule has 2 aromatic rings. The van der Waals surface area contributed by atoms with E-state index in [0.717, 1.165) is 49.6 Å². The van der Waals surface area contributed by atoms with Crippen LogP contribution in [0.15, 0.2) is 54.6 Å². The normalized spacial score (nSPS) is 25.2. The fourth-order valence-electron chi connectivity index (χ4n) is 5.86. The minimum Gasteiger partial charge on any atom is -0.360 e. The number of likely N-dealkylation sites (tertiary alicyclic amines) is 1. The van der Waals surface area contributed by atoms with Gasteiger partial charge in [-0.15, -0.1) is 0 Å². The largest absolute Gasteiger partial charge is 0.360 e. The molecule has 1 amide bonds. The molecule has 6 heteroatoms. The lowest BCUT2D eigenvalue weighted by Crippen LogP contribution is -2.65. The standard InChI is InChI=1S/C28H36N4OS/c33-27(32-16-14-21(15-17-32)18-20-6-2-1-3-7-20)23-12-10-22(11-13-23)19-29-26-24-8-4-5-9-25(24)30-28(34)31-26/h1-3,6-7,10-13,21,24-26,29H,4-5,8-9,14-19H2,(H2,30,31,34). The van der Waals surface area contributed by atoms with Gasteiger partial charge in [0.15, 0.2) is 5.11 Å². The first-order chi connectivity index (χ1) is 16.7. The molecule has 1 saturated carbocycles. The van der Waals surface area contributed by atoms with E-state index in [1.165, 1.54) is 36.8 Å². The van der Waals surface area contributed by atoms with Crippen LogP contribution in [0.3, 0.4) is 0 Å². The maximum Gasteiger partial charge on any atom is 0.253 e. The molecular formula is C28H36N4OS. The molecule has 2 heterocycles. The number of rotatable bonds is 6. The van der Waals surface area contributed by atoms with Crippen LogP contribution in [0.25, 0.3) is 0 Å². The lowest BCUT2D eigenvalue weighted by Gasteiger charge is -2.43. The average Bonchev–Trinajstić information content (AvgIpc) is 2.88. The van der Waals surface area contributed by atoms with Crippen LogP contribution in [-0.2, 0) is 13.0 Å². The smallest absolute Gasteiger partial charge is 0.253 e. The Morgan fingerprint density at radius 2 is 1.65 bits per heavy atom. The van der Waals surface area contributed by atoms with Crippen molar-refractivity contribution in [2.75, 3.05) is 13.1 Å². The Kier molecular flexibility index (Phi) is 7.45. The lowest BCUT2D eigenvalue weighted by atomic mass is 9.81. The maximum atomic E-state index is 13.1. The minimum atomic E-state index is 0.160. The first kappa shape index (κ1) is 23.3. The number of piperidine rings is 1. The molecule has 5 nitrogen and oxygen atoms in total. The molecule has 3 atom stereocenters. The van der Waals surface area contributed by atoms with Crippen molar-refractivity contribution in [3.63, 3.8) is 0 Å². The van der Waals surface area contributed by atoms with Crippen LogP contribution in [0.4, 0.5) is 0 Å². The molecule has 0 spiro atoms. The Morgan fingerprint density at radius 3 is 2.41 bits per heavy atom. The Bertz CT molecular complexity index is 972. The Hall–Kier alpha value is -2.44. The summed E-state index contributed by atoms with van der Waals surface area (Å²) < 4.78 is 0. The van der Waals surface area contributed by atoms with Gasteiger partial charge in [0, 0.05) is 37.2 Å². The highest BCUT2D eigenvalue weighted by Gasteiger charge is 2.36. The summed E-state index contributed by atoms with van der Waals surface area (Å²) >= 11 is 5.43. The predicted octanol–water partition coefficient (Wildman–Crippen LogP) is 4.23. The van der Waals surface area contributed by atoms with Gasteiger partial charge in [-0.2, -0.15) is 0 Å². The Labute approximate surface area is 208 Å². The van der Waals surface area contributed by atoms with Crippen LogP contribution in [0.2, 0.25) is 0 Å². The fraction of sp³-hybridized carbons (Fsp3) is 0.500. The van der Waals surface area contributed by atoms with Crippen LogP contribution in [-0.4, -0.2) is 41.2 Å². The van der Waals surface area contributed by atoms with Gasteiger partial charge in [0.05, 0.1) is 6.17 Å². The topological polar surface area (TPSA) is 56.4 Å². The van der Waals surface area contributed by atoms with E-state index >= 15 is 0 Å². The van der Waals surface area contributed by atoms with Crippen LogP contribution in [0.1, 0.15) is 60.0 Å². The third-order valence-corrected chi connectivity index (χ3v) is 8.08. The van der Waals surface area contributed by atoms with Crippen molar-refractivity contribution in [3.8, 4) is 0 Å². The molecule has 34 heavy (non-hydrogen) atoms. The van der Waals surface area contributed by atoms with Crippen LogP contribution in [0, 0.1) is 11.8 Å². The SMILES string of the molecule is O=C(c1ccc(CNC2NC(=S)NC3CCCCC32)cc1)N1CCC(Cc2ccccc2)CC1. The number of thiocarbonyl (C=S) groups is 1. The summed E-state index contributed by atoms with van der Waals surface area (Å²) in [6.07, 6.45) is 8.47. The summed E-state index contributed by atoms with van der Waals surface area (Å²) in [5.41, 5.74) is 3.38. The number of hydrogen-bond donors (Lipinski definition) is 3. The van der Waals surface area contributed by atoms with Crippen molar-refractivity contribution in [2.45, 2.75) is 63.7 Å². The summed E-state index contributed by atoms with van der Waals surface area (Å²) in [5, 5.41) is 11.3. The molecule has 1 aliphatic carbocycles. The highest BCUT2D eigenvalue weighted by atomic mass is 32.1. The van der Waals surface area contributed by atoms with Crippen LogP contribution >= 0.6 is 12.2 Å². The number of benzene rings is 2. The number of nitrogens with one attached hydrogen (secondary N) is 3. The van der Waals surface area contributed by atoms with Gasteiger partial charge in [0.1, 0.15) is 0 Å². The second kappa shape index (κ2) is 10.9. The molecule has 0 aromatic heterocycles. The third-order valence-electron chi connectivity index (χ3n) is 7.85. The second-order valence-electron chi connectivity index (χ2n) is 10.2. The zero-order chi connectivity index (χ0) is 23.3. The Balaban J connectivity index is 1.11. The Morgan fingerprint density at radius 1 is 0.912 bits per heavy atom. The molecule has 0 bridgehead atoms. The van der Waals surface area contributed by atoms with Crippen molar-refractivity contribution in [3.05, 3.63) is 71.3 Å². The number of nitrogens with zero attached hydrogens (tertiary/aromatic N) is 1. The van der Waals surface area contributed by atoms with E-state index in [9.17, 15) is 4.79 Å². The van der Waals surface area contributed by atoms with Crippen molar-refractivity contribution in [1.29, 1.82) is 0 Å². The maximum absolute atomic E-state index is 13.1. The first-order valence-electron chi connectivity index (χ1n) is 12.9. The van der Waals surface area contributed by atoms with Gasteiger partial charge < -0.3 is 15.5 Å². The quantitative estimate of drug-likeness (QED) is 0.545. The summed E-state index contributed by atoms with van der Waals surface area (Å²) in [4.78, 5) is 15.1. The van der Waals surface area contributed by atoms with Gasteiger partial charge in [-0.3, -0.25) is 10.1 Å². The number of carbonyl (C=O) groups is 1. The van der Waals surface area contributed by atoms with Gasteiger partial charge in [-0.05, 0) is 73.5 Å². The molecular weight excluding hydrogens is 440 g/mol. The molecule has 2 aliphatic heterocycles. The van der Waals surface area contributed by atoms with Gasteiger partial charge in [0.25, 0.3) is 5.91 Å². The van der Waals surface area contributed by atoms with Crippen molar-refractivity contribution in [1.82, 2.24) is 20.9 Å². The number of fused-ring (bicyclic) bond motifs is 1. The average molecular weight is 477 g/mol. The highest BCUT2D eigenvalue weighted by molar-refractivity contribution is 7.80. The molecule has 3 aliphatic rings. The summed E-state index contributed by atoms with van der Waals surface area (Å²) in [7, 11) is 0. The molecule has 3 fully saturated rings. The van der Waals surface area contributed by atoms with Gasteiger partial charge in [-0.1, -0.05) is 55.3 Å². The first-order valence-corrected chi connectivity index (χ1v) is 13.3. The minimum absolute atomic E-state index is 0.160.